The normalized spacial score (nSPS) is 14.9. The van der Waals surface area contributed by atoms with E-state index in [0.29, 0.717) is 21.6 Å². The van der Waals surface area contributed by atoms with Gasteiger partial charge in [-0.05, 0) is 38.8 Å². The van der Waals surface area contributed by atoms with Gasteiger partial charge in [-0.25, -0.2) is 18.0 Å². The molecule has 0 spiro atoms. The standard InChI is InChI=1S/C21H21F6N5O4/c1-20(2,3)36-19(35)28-11(6-10-7-13(23)14(24)9-12(10)22)8-15(33)31-4-5-32-16(17(31)34)29-30-18(32)21(25,26)27/h7,9,11H,4-6,8H2,1-3H3,(H,28,35)/t11-/m1/s1. The van der Waals surface area contributed by atoms with Gasteiger partial charge < -0.3 is 10.1 Å². The van der Waals surface area contributed by atoms with E-state index >= 15 is 0 Å². The molecule has 1 aliphatic heterocycles. The van der Waals surface area contributed by atoms with Crippen LogP contribution in [0.3, 0.4) is 0 Å². The molecule has 1 N–H and O–H groups in total. The van der Waals surface area contributed by atoms with Crippen molar-refractivity contribution in [3.63, 3.8) is 0 Å². The van der Waals surface area contributed by atoms with E-state index in [1.165, 1.54) is 0 Å². The number of amides is 3. The molecule has 1 atom stereocenters. The fraction of sp³-hybridized carbons (Fsp3) is 0.476. The topological polar surface area (TPSA) is 106 Å². The summed E-state index contributed by atoms with van der Waals surface area (Å²) in [4.78, 5) is 38.4. The number of alkyl halides is 3. The van der Waals surface area contributed by atoms with Crippen LogP contribution in [0.4, 0.5) is 31.1 Å². The lowest BCUT2D eigenvalue weighted by molar-refractivity contribution is -0.147. The molecular weight excluding hydrogens is 500 g/mol. The molecule has 2 aromatic rings. The lowest BCUT2D eigenvalue weighted by Gasteiger charge is -2.28. The highest BCUT2D eigenvalue weighted by atomic mass is 19.4. The summed E-state index contributed by atoms with van der Waals surface area (Å²) < 4.78 is 86.0. The molecule has 2 heterocycles. The molecule has 0 aliphatic carbocycles. The molecule has 0 fully saturated rings. The van der Waals surface area contributed by atoms with Crippen LogP contribution in [-0.4, -0.2) is 55.8 Å². The zero-order valence-electron chi connectivity index (χ0n) is 19.3. The van der Waals surface area contributed by atoms with E-state index < -0.39 is 90.8 Å². The van der Waals surface area contributed by atoms with Gasteiger partial charge in [-0.15, -0.1) is 10.2 Å². The monoisotopic (exact) mass is 521 g/mol. The van der Waals surface area contributed by atoms with Crippen LogP contribution in [0.25, 0.3) is 0 Å². The Morgan fingerprint density at radius 1 is 1.06 bits per heavy atom. The summed E-state index contributed by atoms with van der Waals surface area (Å²) in [6.45, 7) is 3.78. The second kappa shape index (κ2) is 9.78. The summed E-state index contributed by atoms with van der Waals surface area (Å²) in [5, 5.41) is 8.54. The summed E-state index contributed by atoms with van der Waals surface area (Å²) in [5.74, 6) is -8.12. The summed E-state index contributed by atoms with van der Waals surface area (Å²) in [6, 6.07) is -0.396. The van der Waals surface area contributed by atoms with E-state index in [2.05, 4.69) is 15.5 Å². The molecule has 196 valence electrons. The maximum Gasteiger partial charge on any atom is 0.451 e. The number of nitrogens with one attached hydrogen (secondary N) is 1. The summed E-state index contributed by atoms with van der Waals surface area (Å²) in [6.07, 6.45) is -7.02. The minimum Gasteiger partial charge on any atom is -0.444 e. The molecule has 3 amide bonds. The first kappa shape index (κ1) is 26.9. The molecule has 0 bridgehead atoms. The minimum absolute atomic E-state index is 0.302. The van der Waals surface area contributed by atoms with Gasteiger partial charge in [-0.2, -0.15) is 13.2 Å². The van der Waals surface area contributed by atoms with Gasteiger partial charge in [-0.3, -0.25) is 19.1 Å². The number of nitrogens with zero attached hydrogens (tertiary/aromatic N) is 4. The third kappa shape index (κ3) is 6.12. The highest BCUT2D eigenvalue weighted by Crippen LogP contribution is 2.29. The number of rotatable bonds is 5. The first-order valence-corrected chi connectivity index (χ1v) is 10.5. The predicted octanol–water partition coefficient (Wildman–Crippen LogP) is 3.22. The fourth-order valence-electron chi connectivity index (χ4n) is 3.50. The number of hydrogen-bond donors (Lipinski definition) is 1. The minimum atomic E-state index is -4.87. The third-order valence-electron chi connectivity index (χ3n) is 4.99. The molecule has 15 heteroatoms. The van der Waals surface area contributed by atoms with Crippen molar-refractivity contribution in [3.05, 3.63) is 46.8 Å². The van der Waals surface area contributed by atoms with E-state index in [9.17, 15) is 40.7 Å². The molecule has 0 saturated carbocycles. The van der Waals surface area contributed by atoms with Crippen LogP contribution >= 0.6 is 0 Å². The molecule has 0 saturated heterocycles. The largest absolute Gasteiger partial charge is 0.451 e. The van der Waals surface area contributed by atoms with E-state index in [-0.39, 0.29) is 5.56 Å². The number of imide groups is 1. The van der Waals surface area contributed by atoms with Gasteiger partial charge in [-0.1, -0.05) is 0 Å². The Bertz CT molecular complexity index is 1190. The van der Waals surface area contributed by atoms with Crippen molar-refractivity contribution in [1.82, 2.24) is 25.0 Å². The fourth-order valence-corrected chi connectivity index (χ4v) is 3.50. The Kier molecular flexibility index (Phi) is 7.32. The zero-order valence-corrected chi connectivity index (χ0v) is 19.3. The first-order valence-electron chi connectivity index (χ1n) is 10.5. The first-order chi connectivity index (χ1) is 16.6. The smallest absolute Gasteiger partial charge is 0.444 e. The van der Waals surface area contributed by atoms with Gasteiger partial charge >= 0.3 is 12.3 Å². The summed E-state index contributed by atoms with van der Waals surface area (Å²) >= 11 is 0. The van der Waals surface area contributed by atoms with Gasteiger partial charge in [0.1, 0.15) is 11.4 Å². The Labute approximate surface area is 200 Å². The number of carbonyl (C=O) groups excluding carboxylic acids is 3. The van der Waals surface area contributed by atoms with Crippen molar-refractivity contribution in [2.24, 2.45) is 0 Å². The lowest BCUT2D eigenvalue weighted by Crippen LogP contribution is -2.48. The third-order valence-corrected chi connectivity index (χ3v) is 4.99. The van der Waals surface area contributed by atoms with Crippen LogP contribution in [0, 0.1) is 17.5 Å². The van der Waals surface area contributed by atoms with E-state index in [1.54, 1.807) is 20.8 Å². The van der Waals surface area contributed by atoms with Crippen molar-refractivity contribution in [2.45, 2.75) is 58.0 Å². The number of aromatic nitrogens is 3. The maximum absolute atomic E-state index is 14.2. The van der Waals surface area contributed by atoms with E-state index in [1.807, 2.05) is 0 Å². The number of alkyl carbamates (subject to hydrolysis) is 1. The second-order valence-electron chi connectivity index (χ2n) is 8.96. The Morgan fingerprint density at radius 2 is 1.69 bits per heavy atom. The highest BCUT2D eigenvalue weighted by Gasteiger charge is 2.42. The molecule has 3 rings (SSSR count). The maximum atomic E-state index is 14.2. The highest BCUT2D eigenvalue weighted by molar-refractivity contribution is 6.03. The van der Waals surface area contributed by atoms with Gasteiger partial charge in [0.15, 0.2) is 11.6 Å². The number of benzene rings is 1. The summed E-state index contributed by atoms with van der Waals surface area (Å²) in [7, 11) is 0. The quantitative estimate of drug-likeness (QED) is 0.479. The van der Waals surface area contributed by atoms with Crippen molar-refractivity contribution in [1.29, 1.82) is 0 Å². The van der Waals surface area contributed by atoms with Crippen molar-refractivity contribution in [3.8, 4) is 0 Å². The van der Waals surface area contributed by atoms with Gasteiger partial charge in [0.25, 0.3) is 5.91 Å². The van der Waals surface area contributed by atoms with E-state index in [0.717, 1.165) is 0 Å². The Morgan fingerprint density at radius 3 is 2.31 bits per heavy atom. The Hall–Kier alpha value is -3.65. The zero-order chi connectivity index (χ0) is 27.0. The molecule has 0 radical (unpaired) electrons. The van der Waals surface area contributed by atoms with Crippen molar-refractivity contribution < 1.29 is 45.5 Å². The molecule has 36 heavy (non-hydrogen) atoms. The number of fused-ring (bicyclic) bond motifs is 1. The van der Waals surface area contributed by atoms with Crippen LogP contribution in [-0.2, 0) is 28.7 Å². The predicted molar refractivity (Wildman–Crippen MR) is 109 cm³/mol. The molecule has 1 aliphatic rings. The second-order valence-corrected chi connectivity index (χ2v) is 8.96. The van der Waals surface area contributed by atoms with E-state index in [4.69, 9.17) is 4.74 Å². The number of carbonyl (C=O) groups is 3. The van der Waals surface area contributed by atoms with Crippen molar-refractivity contribution >= 4 is 17.9 Å². The average Bonchev–Trinajstić information content (AvgIpc) is 3.16. The van der Waals surface area contributed by atoms with Crippen LogP contribution in [0.1, 0.15) is 49.2 Å². The van der Waals surface area contributed by atoms with Crippen LogP contribution in [0.2, 0.25) is 0 Å². The van der Waals surface area contributed by atoms with Gasteiger partial charge in [0, 0.05) is 31.6 Å². The Balaban J connectivity index is 1.82. The van der Waals surface area contributed by atoms with Crippen LogP contribution < -0.4 is 5.32 Å². The molecule has 0 unspecified atom stereocenters. The lowest BCUT2D eigenvalue weighted by atomic mass is 10.0. The SMILES string of the molecule is CC(C)(C)OC(=O)N[C@@H](CC(=O)N1CCn2c(nnc2C(F)(F)F)C1=O)Cc1cc(F)c(F)cc1F. The van der Waals surface area contributed by atoms with Crippen LogP contribution in [0.5, 0.6) is 0 Å². The summed E-state index contributed by atoms with van der Waals surface area (Å²) in [5.41, 5.74) is -1.32. The number of hydrogen-bond acceptors (Lipinski definition) is 6. The average molecular weight is 521 g/mol. The number of halogens is 6. The molecule has 1 aromatic carbocycles. The van der Waals surface area contributed by atoms with Crippen LogP contribution in [0.15, 0.2) is 12.1 Å². The molecule has 9 nitrogen and oxygen atoms in total. The number of ether oxygens (including phenoxy) is 1. The van der Waals surface area contributed by atoms with Gasteiger partial charge in [0.05, 0.1) is 0 Å². The van der Waals surface area contributed by atoms with Gasteiger partial charge in [0.2, 0.25) is 17.6 Å². The van der Waals surface area contributed by atoms with Crippen molar-refractivity contribution in [2.75, 3.05) is 6.54 Å². The molecular formula is C21H21F6N5O4. The molecule has 1 aromatic heterocycles.